The van der Waals surface area contributed by atoms with Crippen LogP contribution in [-0.2, 0) is 4.79 Å². The fourth-order valence-corrected chi connectivity index (χ4v) is 1.29. The Morgan fingerprint density at radius 2 is 2.50 bits per heavy atom. The van der Waals surface area contributed by atoms with Crippen molar-refractivity contribution in [2.75, 3.05) is 13.6 Å². The average molecular weight is 138 g/mol. The molecule has 0 aromatic carbocycles. The Morgan fingerprint density at radius 1 is 1.80 bits per heavy atom. The van der Waals surface area contributed by atoms with Gasteiger partial charge in [0, 0.05) is 12.5 Å². The third-order valence-corrected chi connectivity index (χ3v) is 1.92. The Morgan fingerprint density at radius 3 is 2.80 bits per heavy atom. The van der Waals surface area contributed by atoms with Gasteiger partial charge in [0.15, 0.2) is 0 Å². The van der Waals surface area contributed by atoms with Gasteiger partial charge >= 0.3 is 0 Å². The van der Waals surface area contributed by atoms with Gasteiger partial charge in [-0.15, -0.1) is 0 Å². The van der Waals surface area contributed by atoms with Crippen LogP contribution in [0.4, 0.5) is 0 Å². The quantitative estimate of drug-likeness (QED) is 0.480. The average Bonchev–Trinajstić information content (AvgIpc) is 2.30. The highest BCUT2D eigenvalue weighted by Crippen LogP contribution is 2.18. The summed E-state index contributed by atoms with van der Waals surface area (Å²) in [5.41, 5.74) is 0. The zero-order valence-corrected chi connectivity index (χ0v) is 5.95. The lowest BCUT2D eigenvalue weighted by Gasteiger charge is -2.09. The predicted molar refractivity (Wildman–Crippen MR) is 36.2 cm³/mol. The van der Waals surface area contributed by atoms with E-state index in [4.69, 9.17) is 5.26 Å². The SMILES string of the molecule is CN1CC(C=O)CC1C#N. The standard InChI is InChI=1S/C7H10N2O/c1-9-4-6(5-10)2-7(9)3-8/h5-7H,2,4H2,1H3. The maximum atomic E-state index is 10.3. The molecule has 0 bridgehead atoms. The molecular weight excluding hydrogens is 128 g/mol. The first-order valence-corrected chi connectivity index (χ1v) is 3.33. The Kier molecular flexibility index (Phi) is 2.03. The summed E-state index contributed by atoms with van der Waals surface area (Å²) in [5.74, 6) is 0.0784. The maximum Gasteiger partial charge on any atom is 0.124 e. The molecule has 0 spiro atoms. The van der Waals surface area contributed by atoms with E-state index in [0.717, 1.165) is 12.8 Å². The second-order valence-corrected chi connectivity index (χ2v) is 2.72. The van der Waals surface area contributed by atoms with Gasteiger partial charge in [-0.05, 0) is 13.5 Å². The highest BCUT2D eigenvalue weighted by Gasteiger charge is 2.28. The van der Waals surface area contributed by atoms with E-state index in [-0.39, 0.29) is 12.0 Å². The van der Waals surface area contributed by atoms with Crippen LogP contribution in [0.2, 0.25) is 0 Å². The van der Waals surface area contributed by atoms with Crippen LogP contribution < -0.4 is 0 Å². The Bertz CT molecular complexity index is 173. The molecule has 1 aliphatic heterocycles. The molecule has 0 aromatic heterocycles. The molecule has 0 aromatic rings. The lowest BCUT2D eigenvalue weighted by Crippen LogP contribution is -2.23. The molecule has 1 heterocycles. The first-order chi connectivity index (χ1) is 4.77. The fourth-order valence-electron chi connectivity index (χ4n) is 1.29. The molecular formula is C7H10N2O. The number of aldehydes is 1. The number of hydrogen-bond acceptors (Lipinski definition) is 3. The van der Waals surface area contributed by atoms with E-state index >= 15 is 0 Å². The molecule has 0 aliphatic carbocycles. The van der Waals surface area contributed by atoms with Crippen LogP contribution in [0.15, 0.2) is 0 Å². The minimum atomic E-state index is -0.0461. The largest absolute Gasteiger partial charge is 0.303 e. The summed E-state index contributed by atoms with van der Waals surface area (Å²) < 4.78 is 0. The normalized spacial score (nSPS) is 33.6. The zero-order valence-electron chi connectivity index (χ0n) is 5.95. The summed E-state index contributed by atoms with van der Waals surface area (Å²) in [5, 5.41) is 8.54. The van der Waals surface area contributed by atoms with Gasteiger partial charge in [0.05, 0.1) is 12.1 Å². The highest BCUT2D eigenvalue weighted by molar-refractivity contribution is 5.54. The van der Waals surface area contributed by atoms with Crippen molar-refractivity contribution >= 4 is 6.29 Å². The number of rotatable bonds is 1. The minimum absolute atomic E-state index is 0.0461. The topological polar surface area (TPSA) is 44.1 Å². The number of nitrogens with zero attached hydrogens (tertiary/aromatic N) is 2. The lowest BCUT2D eigenvalue weighted by atomic mass is 10.1. The molecule has 1 saturated heterocycles. The van der Waals surface area contributed by atoms with Crippen molar-refractivity contribution in [1.29, 1.82) is 5.26 Å². The molecule has 1 fully saturated rings. The molecule has 2 unspecified atom stereocenters. The van der Waals surface area contributed by atoms with Gasteiger partial charge < -0.3 is 4.79 Å². The van der Waals surface area contributed by atoms with E-state index in [2.05, 4.69) is 6.07 Å². The Balaban J connectivity index is 2.54. The molecule has 3 heteroatoms. The fraction of sp³-hybridized carbons (Fsp3) is 0.714. The molecule has 10 heavy (non-hydrogen) atoms. The molecule has 2 atom stereocenters. The van der Waals surface area contributed by atoms with Crippen molar-refractivity contribution in [3.63, 3.8) is 0 Å². The monoisotopic (exact) mass is 138 g/mol. The van der Waals surface area contributed by atoms with Crippen molar-refractivity contribution in [1.82, 2.24) is 4.90 Å². The number of likely N-dealkylation sites (tertiary alicyclic amines) is 1. The predicted octanol–water partition coefficient (Wildman–Crippen LogP) is 0.0292. The summed E-state index contributed by atoms with van der Waals surface area (Å²) in [6, 6.07) is 2.10. The van der Waals surface area contributed by atoms with E-state index < -0.39 is 0 Å². The summed E-state index contributed by atoms with van der Waals surface area (Å²) in [7, 11) is 1.87. The molecule has 0 amide bonds. The van der Waals surface area contributed by atoms with Gasteiger partial charge in [-0.25, -0.2) is 0 Å². The van der Waals surface area contributed by atoms with Crippen LogP contribution in [0.1, 0.15) is 6.42 Å². The maximum absolute atomic E-state index is 10.3. The minimum Gasteiger partial charge on any atom is -0.303 e. The molecule has 1 rings (SSSR count). The highest BCUT2D eigenvalue weighted by atomic mass is 16.1. The molecule has 0 N–H and O–H groups in total. The summed E-state index contributed by atoms with van der Waals surface area (Å²) >= 11 is 0. The second-order valence-electron chi connectivity index (χ2n) is 2.72. The third kappa shape index (κ3) is 1.17. The van der Waals surface area contributed by atoms with Crippen molar-refractivity contribution in [3.05, 3.63) is 0 Å². The van der Waals surface area contributed by atoms with Crippen LogP contribution >= 0.6 is 0 Å². The van der Waals surface area contributed by atoms with Crippen molar-refractivity contribution in [2.45, 2.75) is 12.5 Å². The van der Waals surface area contributed by atoms with Gasteiger partial charge in [-0.1, -0.05) is 0 Å². The van der Waals surface area contributed by atoms with Gasteiger partial charge in [-0.2, -0.15) is 5.26 Å². The van der Waals surface area contributed by atoms with Crippen LogP contribution in [0.5, 0.6) is 0 Å². The molecule has 0 radical (unpaired) electrons. The van der Waals surface area contributed by atoms with Gasteiger partial charge in [0.2, 0.25) is 0 Å². The number of nitriles is 1. The third-order valence-electron chi connectivity index (χ3n) is 1.92. The molecule has 54 valence electrons. The van der Waals surface area contributed by atoms with E-state index in [0.29, 0.717) is 6.42 Å². The van der Waals surface area contributed by atoms with Crippen LogP contribution in [0.3, 0.4) is 0 Å². The Hall–Kier alpha value is -0.880. The van der Waals surface area contributed by atoms with Crippen molar-refractivity contribution in [3.8, 4) is 6.07 Å². The number of carbonyl (C=O) groups is 1. The van der Waals surface area contributed by atoms with Gasteiger partial charge in [-0.3, -0.25) is 4.90 Å². The van der Waals surface area contributed by atoms with Crippen molar-refractivity contribution < 1.29 is 4.79 Å². The zero-order chi connectivity index (χ0) is 7.56. The number of carbonyl (C=O) groups excluding carboxylic acids is 1. The van der Waals surface area contributed by atoms with E-state index in [1.807, 2.05) is 11.9 Å². The molecule has 1 aliphatic rings. The van der Waals surface area contributed by atoms with Crippen LogP contribution in [0, 0.1) is 17.2 Å². The summed E-state index contributed by atoms with van der Waals surface area (Å²) in [6.07, 6.45) is 1.64. The van der Waals surface area contributed by atoms with Crippen LogP contribution in [-0.4, -0.2) is 30.8 Å². The van der Waals surface area contributed by atoms with E-state index in [1.54, 1.807) is 0 Å². The summed E-state index contributed by atoms with van der Waals surface area (Å²) in [6.45, 7) is 0.738. The van der Waals surface area contributed by atoms with Gasteiger partial charge in [0.25, 0.3) is 0 Å². The molecule has 0 saturated carbocycles. The lowest BCUT2D eigenvalue weighted by molar-refractivity contribution is -0.110. The second kappa shape index (κ2) is 2.80. The smallest absolute Gasteiger partial charge is 0.124 e. The van der Waals surface area contributed by atoms with Crippen molar-refractivity contribution in [2.24, 2.45) is 5.92 Å². The first-order valence-electron chi connectivity index (χ1n) is 3.33. The summed E-state index contributed by atoms with van der Waals surface area (Å²) in [4.78, 5) is 12.2. The van der Waals surface area contributed by atoms with E-state index in [1.165, 1.54) is 0 Å². The Labute approximate surface area is 60.2 Å². The van der Waals surface area contributed by atoms with Gasteiger partial charge in [0.1, 0.15) is 6.29 Å². The first kappa shape index (κ1) is 7.23. The van der Waals surface area contributed by atoms with Crippen LogP contribution in [0.25, 0.3) is 0 Å². The number of hydrogen-bond donors (Lipinski definition) is 0. The molecule has 3 nitrogen and oxygen atoms in total. The van der Waals surface area contributed by atoms with E-state index in [9.17, 15) is 4.79 Å².